The molecule has 1 saturated heterocycles. The quantitative estimate of drug-likeness (QED) is 0.690. The summed E-state index contributed by atoms with van der Waals surface area (Å²) in [7, 11) is 0. The van der Waals surface area contributed by atoms with Gasteiger partial charge in [0.25, 0.3) is 0 Å². The van der Waals surface area contributed by atoms with Gasteiger partial charge in [0.2, 0.25) is 0 Å². The highest BCUT2D eigenvalue weighted by molar-refractivity contribution is 7.17. The number of rotatable bonds is 4. The van der Waals surface area contributed by atoms with E-state index in [1.165, 1.54) is 10.1 Å². The number of piperazine rings is 1. The molecular formula is C21H23N3O2S. The minimum absolute atomic E-state index is 0.138. The van der Waals surface area contributed by atoms with Crippen molar-refractivity contribution in [1.29, 1.82) is 0 Å². The Morgan fingerprint density at radius 2 is 1.89 bits per heavy atom. The molecule has 1 fully saturated rings. The van der Waals surface area contributed by atoms with Crippen LogP contribution in [0.4, 0.5) is 5.82 Å². The Hall–Kier alpha value is -2.31. The Kier molecular flexibility index (Phi) is 4.59. The number of hydrogen-bond acceptors (Lipinski definition) is 6. The van der Waals surface area contributed by atoms with Crippen LogP contribution in [0.25, 0.3) is 10.1 Å². The van der Waals surface area contributed by atoms with Crippen LogP contribution in [0.3, 0.4) is 0 Å². The number of ether oxygens (including phenoxy) is 2. The summed E-state index contributed by atoms with van der Waals surface area (Å²) in [6.07, 6.45) is 3.06. The van der Waals surface area contributed by atoms with Gasteiger partial charge < -0.3 is 14.4 Å². The topological polar surface area (TPSA) is 37.8 Å². The van der Waals surface area contributed by atoms with E-state index in [1.807, 2.05) is 30.5 Å². The number of hydrogen-bond donors (Lipinski definition) is 0. The minimum Gasteiger partial charge on any atom is -0.486 e. The maximum absolute atomic E-state index is 6.08. The molecule has 2 aliphatic rings. The van der Waals surface area contributed by atoms with E-state index in [1.54, 1.807) is 11.3 Å². The Morgan fingerprint density at radius 3 is 2.78 bits per heavy atom. The number of nitrogens with zero attached hydrogens (tertiary/aromatic N) is 3. The van der Waals surface area contributed by atoms with Crippen molar-refractivity contribution in [1.82, 2.24) is 9.88 Å². The molecule has 5 nitrogen and oxygen atoms in total. The Labute approximate surface area is 163 Å². The van der Waals surface area contributed by atoms with Gasteiger partial charge in [0.1, 0.15) is 18.5 Å². The van der Waals surface area contributed by atoms with Crippen molar-refractivity contribution in [2.75, 3.05) is 44.2 Å². The van der Waals surface area contributed by atoms with E-state index in [2.05, 4.69) is 32.3 Å². The average molecular weight is 382 g/mol. The van der Waals surface area contributed by atoms with Crippen LogP contribution in [0.2, 0.25) is 0 Å². The van der Waals surface area contributed by atoms with Crippen molar-refractivity contribution < 1.29 is 9.47 Å². The maximum Gasteiger partial charge on any atom is 0.161 e. The number of fused-ring (bicyclic) bond motifs is 2. The molecule has 0 bridgehead atoms. The van der Waals surface area contributed by atoms with E-state index in [9.17, 15) is 0 Å². The smallest absolute Gasteiger partial charge is 0.161 e. The lowest BCUT2D eigenvalue weighted by atomic mass is 10.2. The Bertz CT molecular complexity index is 920. The summed E-state index contributed by atoms with van der Waals surface area (Å²) in [5.41, 5.74) is 0. The molecule has 3 aromatic rings. The predicted molar refractivity (Wildman–Crippen MR) is 109 cm³/mol. The third-order valence-electron chi connectivity index (χ3n) is 5.37. The van der Waals surface area contributed by atoms with Crippen LogP contribution in [0.5, 0.6) is 11.5 Å². The van der Waals surface area contributed by atoms with Crippen LogP contribution in [0.1, 0.15) is 6.42 Å². The zero-order chi connectivity index (χ0) is 18.1. The minimum atomic E-state index is 0.138. The van der Waals surface area contributed by atoms with E-state index in [4.69, 9.17) is 9.47 Å². The van der Waals surface area contributed by atoms with Gasteiger partial charge in [-0.1, -0.05) is 12.1 Å². The largest absolute Gasteiger partial charge is 0.486 e. The third kappa shape index (κ3) is 3.47. The van der Waals surface area contributed by atoms with Crippen LogP contribution < -0.4 is 14.4 Å². The molecule has 6 heteroatoms. The molecule has 1 atom stereocenters. The predicted octanol–water partition coefficient (Wildman–Crippen LogP) is 3.65. The van der Waals surface area contributed by atoms with Crippen molar-refractivity contribution in [3.8, 4) is 11.5 Å². The highest BCUT2D eigenvalue weighted by Crippen LogP contribution is 2.32. The zero-order valence-corrected chi connectivity index (χ0v) is 16.0. The highest BCUT2D eigenvalue weighted by Gasteiger charge is 2.24. The van der Waals surface area contributed by atoms with Gasteiger partial charge in [-0.25, -0.2) is 4.98 Å². The van der Waals surface area contributed by atoms with Crippen LogP contribution >= 0.6 is 11.3 Å². The first kappa shape index (κ1) is 16.8. The standard InChI is InChI=1S/C21H23N3O2S/c1-2-4-19-18(3-1)25-15-16(26-19)6-9-23-10-12-24(13-11-23)21-17-7-14-27-20(17)5-8-22-21/h1-5,7-8,14,16H,6,9-13,15H2. The summed E-state index contributed by atoms with van der Waals surface area (Å²) < 4.78 is 13.2. The molecule has 0 spiro atoms. The summed E-state index contributed by atoms with van der Waals surface area (Å²) in [5.74, 6) is 2.86. The number of benzene rings is 1. The zero-order valence-electron chi connectivity index (χ0n) is 15.2. The van der Waals surface area contributed by atoms with Gasteiger partial charge >= 0.3 is 0 Å². The van der Waals surface area contributed by atoms with Crippen LogP contribution in [-0.2, 0) is 0 Å². The molecule has 5 rings (SSSR count). The molecule has 0 N–H and O–H groups in total. The van der Waals surface area contributed by atoms with E-state index in [0.29, 0.717) is 6.61 Å². The monoisotopic (exact) mass is 381 g/mol. The summed E-state index contributed by atoms with van der Waals surface area (Å²) in [4.78, 5) is 9.59. The summed E-state index contributed by atoms with van der Waals surface area (Å²) in [5, 5.41) is 3.43. The van der Waals surface area contributed by atoms with Gasteiger partial charge in [-0.05, 0) is 29.6 Å². The van der Waals surface area contributed by atoms with Crippen LogP contribution in [0.15, 0.2) is 48.0 Å². The molecule has 2 aromatic heterocycles. The number of pyridine rings is 1. The molecule has 4 heterocycles. The molecule has 140 valence electrons. The van der Waals surface area contributed by atoms with Crippen molar-refractivity contribution in [2.24, 2.45) is 0 Å². The number of para-hydroxylation sites is 2. The maximum atomic E-state index is 6.08. The number of anilines is 1. The lowest BCUT2D eigenvalue weighted by molar-refractivity contribution is 0.0743. The summed E-state index contributed by atoms with van der Waals surface area (Å²) in [6.45, 7) is 5.85. The molecule has 0 saturated carbocycles. The van der Waals surface area contributed by atoms with Gasteiger partial charge in [0.05, 0.1) is 0 Å². The van der Waals surface area contributed by atoms with Crippen molar-refractivity contribution in [2.45, 2.75) is 12.5 Å². The third-order valence-corrected chi connectivity index (χ3v) is 6.25. The van der Waals surface area contributed by atoms with Crippen molar-refractivity contribution in [3.05, 3.63) is 48.0 Å². The molecule has 2 aliphatic heterocycles. The second-order valence-electron chi connectivity index (χ2n) is 7.08. The fourth-order valence-corrected chi connectivity index (χ4v) is 4.62. The van der Waals surface area contributed by atoms with Crippen molar-refractivity contribution in [3.63, 3.8) is 0 Å². The van der Waals surface area contributed by atoms with Crippen LogP contribution in [0, 0.1) is 0 Å². The van der Waals surface area contributed by atoms with Gasteiger partial charge in [0.15, 0.2) is 11.5 Å². The second-order valence-corrected chi connectivity index (χ2v) is 8.03. The number of aromatic nitrogens is 1. The van der Waals surface area contributed by atoms with Gasteiger partial charge in [-0.2, -0.15) is 0 Å². The second kappa shape index (κ2) is 7.37. The molecule has 0 radical (unpaired) electrons. The normalized spacial score (nSPS) is 20.1. The van der Waals surface area contributed by atoms with E-state index < -0.39 is 0 Å². The first-order valence-corrected chi connectivity index (χ1v) is 10.4. The Morgan fingerprint density at radius 1 is 1.04 bits per heavy atom. The lowest BCUT2D eigenvalue weighted by Gasteiger charge is -2.36. The van der Waals surface area contributed by atoms with Gasteiger partial charge in [-0.3, -0.25) is 4.90 Å². The fourth-order valence-electron chi connectivity index (χ4n) is 3.85. The summed E-state index contributed by atoms with van der Waals surface area (Å²) in [6, 6.07) is 12.2. The van der Waals surface area contributed by atoms with Gasteiger partial charge in [0, 0.05) is 55.4 Å². The van der Waals surface area contributed by atoms with Gasteiger partial charge in [-0.15, -0.1) is 11.3 Å². The van der Waals surface area contributed by atoms with Crippen molar-refractivity contribution >= 4 is 27.2 Å². The molecule has 1 unspecified atom stereocenters. The Balaban J connectivity index is 1.15. The van der Waals surface area contributed by atoms with E-state index in [0.717, 1.165) is 56.5 Å². The van der Waals surface area contributed by atoms with Crippen LogP contribution in [-0.4, -0.2) is 55.3 Å². The molecule has 0 aliphatic carbocycles. The SMILES string of the molecule is c1ccc2c(c1)OCC(CCN1CCN(c3nccc4sccc34)CC1)O2. The first-order valence-electron chi connectivity index (χ1n) is 9.55. The average Bonchev–Trinajstić information content (AvgIpc) is 3.21. The molecule has 0 amide bonds. The molecule has 27 heavy (non-hydrogen) atoms. The molecule has 1 aromatic carbocycles. The number of thiophene rings is 1. The summed E-state index contributed by atoms with van der Waals surface area (Å²) >= 11 is 1.78. The fraction of sp³-hybridized carbons (Fsp3) is 0.381. The van der Waals surface area contributed by atoms with E-state index in [-0.39, 0.29) is 6.10 Å². The highest BCUT2D eigenvalue weighted by atomic mass is 32.1. The first-order chi connectivity index (χ1) is 13.4. The van der Waals surface area contributed by atoms with E-state index >= 15 is 0 Å². The lowest BCUT2D eigenvalue weighted by Crippen LogP contribution is -2.47. The molecular weight excluding hydrogens is 358 g/mol.